The molecule has 5 heteroatoms. The topological polar surface area (TPSA) is 28.4 Å². The molecule has 2 heterocycles. The second kappa shape index (κ2) is 6.29. The van der Waals surface area contributed by atoms with Crippen molar-refractivity contribution < 1.29 is 4.42 Å². The maximum absolute atomic E-state index is 5.72. The first kappa shape index (κ1) is 14.1. The van der Waals surface area contributed by atoms with Crippen molar-refractivity contribution in [2.75, 3.05) is 13.1 Å². The first-order valence-corrected chi connectivity index (χ1v) is 8.72. The van der Waals surface area contributed by atoms with E-state index in [1.54, 1.807) is 0 Å². The van der Waals surface area contributed by atoms with Crippen LogP contribution in [0.25, 0.3) is 0 Å². The number of halogens is 2. The Labute approximate surface area is 131 Å². The highest BCUT2D eigenvalue weighted by atomic mass is 79.9. The molecule has 0 bridgehead atoms. The number of hydrogen-bond donors (Lipinski definition) is 1. The van der Waals surface area contributed by atoms with E-state index < -0.39 is 0 Å². The highest BCUT2D eigenvalue weighted by Gasteiger charge is 2.31. The Kier molecular flexibility index (Phi) is 4.67. The van der Waals surface area contributed by atoms with Crippen LogP contribution in [0.4, 0.5) is 0 Å². The van der Waals surface area contributed by atoms with Gasteiger partial charge in [0.15, 0.2) is 4.67 Å². The Morgan fingerprint density at radius 3 is 2.68 bits per heavy atom. The SMILES string of the molecule is Brc1cc(CN(CC2CCCCN2)C2CC2)oc1Br. The summed E-state index contributed by atoms with van der Waals surface area (Å²) in [6, 6.07) is 3.51. The Morgan fingerprint density at radius 2 is 2.11 bits per heavy atom. The molecule has 1 saturated carbocycles. The van der Waals surface area contributed by atoms with Crippen molar-refractivity contribution in [2.45, 2.75) is 50.7 Å². The molecule has 2 aliphatic rings. The van der Waals surface area contributed by atoms with Gasteiger partial charge in [0.1, 0.15) is 5.76 Å². The molecule has 1 atom stereocenters. The number of furan rings is 1. The van der Waals surface area contributed by atoms with Gasteiger partial charge in [-0.3, -0.25) is 4.90 Å². The number of hydrogen-bond acceptors (Lipinski definition) is 3. The molecular weight excluding hydrogens is 372 g/mol. The standard InChI is InChI=1S/C14H20Br2N2O/c15-13-7-12(19-14(13)16)9-18(11-4-5-11)8-10-3-1-2-6-17-10/h7,10-11,17H,1-6,8-9H2. The van der Waals surface area contributed by atoms with Crippen molar-refractivity contribution in [3.05, 3.63) is 21.0 Å². The van der Waals surface area contributed by atoms with Gasteiger partial charge in [0, 0.05) is 18.6 Å². The van der Waals surface area contributed by atoms with E-state index in [4.69, 9.17) is 4.42 Å². The average molecular weight is 392 g/mol. The second-order valence-electron chi connectivity index (χ2n) is 5.64. The van der Waals surface area contributed by atoms with Crippen molar-refractivity contribution >= 4 is 31.9 Å². The van der Waals surface area contributed by atoms with E-state index in [-0.39, 0.29) is 0 Å². The minimum Gasteiger partial charge on any atom is -0.452 e. The number of piperidine rings is 1. The first-order valence-electron chi connectivity index (χ1n) is 7.13. The van der Waals surface area contributed by atoms with E-state index in [1.807, 2.05) is 0 Å². The van der Waals surface area contributed by atoms with E-state index >= 15 is 0 Å². The summed E-state index contributed by atoms with van der Waals surface area (Å²) in [7, 11) is 0. The molecule has 3 nitrogen and oxygen atoms in total. The van der Waals surface area contributed by atoms with Gasteiger partial charge in [-0.05, 0) is 70.2 Å². The molecule has 3 rings (SSSR count). The van der Waals surface area contributed by atoms with E-state index in [2.05, 4.69) is 48.1 Å². The lowest BCUT2D eigenvalue weighted by Gasteiger charge is -2.30. The largest absolute Gasteiger partial charge is 0.452 e. The molecule has 106 valence electrons. The zero-order valence-electron chi connectivity index (χ0n) is 11.0. The lowest BCUT2D eigenvalue weighted by Crippen LogP contribution is -2.44. The Hall–Kier alpha value is 0.160. The molecule has 1 aliphatic heterocycles. The van der Waals surface area contributed by atoms with Gasteiger partial charge < -0.3 is 9.73 Å². The quantitative estimate of drug-likeness (QED) is 0.824. The smallest absolute Gasteiger partial charge is 0.183 e. The second-order valence-corrected chi connectivity index (χ2v) is 7.22. The number of nitrogens with zero attached hydrogens (tertiary/aromatic N) is 1. The Balaban J connectivity index is 1.60. The lowest BCUT2D eigenvalue weighted by molar-refractivity contribution is 0.194. The molecule has 0 amide bonds. The zero-order chi connectivity index (χ0) is 13.2. The monoisotopic (exact) mass is 390 g/mol. The zero-order valence-corrected chi connectivity index (χ0v) is 14.2. The minimum atomic E-state index is 0.663. The Bertz CT molecular complexity index is 406. The fraction of sp³-hybridized carbons (Fsp3) is 0.714. The first-order chi connectivity index (χ1) is 9.22. The summed E-state index contributed by atoms with van der Waals surface area (Å²) in [5.74, 6) is 1.04. The molecule has 0 radical (unpaired) electrons. The molecule has 1 saturated heterocycles. The van der Waals surface area contributed by atoms with Crippen molar-refractivity contribution in [1.82, 2.24) is 10.2 Å². The third-order valence-electron chi connectivity index (χ3n) is 3.99. The summed E-state index contributed by atoms with van der Waals surface area (Å²) < 4.78 is 7.53. The summed E-state index contributed by atoms with van der Waals surface area (Å²) in [6.07, 6.45) is 6.70. The van der Waals surface area contributed by atoms with Crippen molar-refractivity contribution in [2.24, 2.45) is 0 Å². The van der Waals surface area contributed by atoms with Gasteiger partial charge in [-0.1, -0.05) is 6.42 Å². The maximum atomic E-state index is 5.72. The van der Waals surface area contributed by atoms with Crippen molar-refractivity contribution in [3.63, 3.8) is 0 Å². The number of rotatable bonds is 5. The van der Waals surface area contributed by atoms with Crippen LogP contribution < -0.4 is 5.32 Å². The van der Waals surface area contributed by atoms with Crippen LogP contribution in [0.5, 0.6) is 0 Å². The molecular formula is C14H20Br2N2O. The molecule has 1 N–H and O–H groups in total. The molecule has 1 aliphatic carbocycles. The van der Waals surface area contributed by atoms with Gasteiger partial charge in [-0.15, -0.1) is 0 Å². The summed E-state index contributed by atoms with van der Waals surface area (Å²) in [5.41, 5.74) is 0. The number of nitrogens with one attached hydrogen (secondary N) is 1. The highest BCUT2D eigenvalue weighted by Crippen LogP contribution is 2.32. The fourth-order valence-electron chi connectivity index (χ4n) is 2.81. The third-order valence-corrected chi connectivity index (χ3v) is 5.70. The van der Waals surface area contributed by atoms with Crippen LogP contribution in [0, 0.1) is 0 Å². The van der Waals surface area contributed by atoms with Gasteiger partial charge in [0.25, 0.3) is 0 Å². The van der Waals surface area contributed by atoms with Crippen LogP contribution in [0.15, 0.2) is 19.6 Å². The summed E-state index contributed by atoms with van der Waals surface area (Å²) in [6.45, 7) is 3.26. The lowest BCUT2D eigenvalue weighted by atomic mass is 10.0. The van der Waals surface area contributed by atoms with Crippen LogP contribution in [0.2, 0.25) is 0 Å². The van der Waals surface area contributed by atoms with E-state index in [0.717, 1.165) is 34.0 Å². The predicted octanol–water partition coefficient (Wildman–Crippen LogP) is 3.91. The van der Waals surface area contributed by atoms with Gasteiger partial charge in [0.05, 0.1) is 11.0 Å². The summed E-state index contributed by atoms with van der Waals surface area (Å²) >= 11 is 6.90. The van der Waals surface area contributed by atoms with Crippen LogP contribution in [0.3, 0.4) is 0 Å². The molecule has 1 aromatic heterocycles. The molecule has 1 aromatic rings. The van der Waals surface area contributed by atoms with E-state index in [9.17, 15) is 0 Å². The predicted molar refractivity (Wildman–Crippen MR) is 83.2 cm³/mol. The summed E-state index contributed by atoms with van der Waals surface area (Å²) in [4.78, 5) is 2.58. The van der Waals surface area contributed by atoms with E-state index in [0.29, 0.717) is 6.04 Å². The molecule has 2 fully saturated rings. The van der Waals surface area contributed by atoms with Gasteiger partial charge in [-0.25, -0.2) is 0 Å². The van der Waals surface area contributed by atoms with Gasteiger partial charge >= 0.3 is 0 Å². The van der Waals surface area contributed by atoms with Gasteiger partial charge in [0.2, 0.25) is 0 Å². The normalized spacial score (nSPS) is 24.1. The van der Waals surface area contributed by atoms with Crippen LogP contribution >= 0.6 is 31.9 Å². The average Bonchev–Trinajstić information content (AvgIpc) is 3.18. The molecule has 19 heavy (non-hydrogen) atoms. The minimum absolute atomic E-state index is 0.663. The van der Waals surface area contributed by atoms with Gasteiger partial charge in [-0.2, -0.15) is 0 Å². The third kappa shape index (κ3) is 3.84. The summed E-state index contributed by atoms with van der Waals surface area (Å²) in [5, 5.41) is 3.64. The highest BCUT2D eigenvalue weighted by molar-refractivity contribution is 9.13. The maximum Gasteiger partial charge on any atom is 0.183 e. The van der Waals surface area contributed by atoms with Crippen LogP contribution in [-0.2, 0) is 6.54 Å². The molecule has 1 unspecified atom stereocenters. The van der Waals surface area contributed by atoms with Crippen LogP contribution in [-0.4, -0.2) is 30.1 Å². The van der Waals surface area contributed by atoms with E-state index in [1.165, 1.54) is 38.6 Å². The molecule has 0 aromatic carbocycles. The Morgan fingerprint density at radius 1 is 1.26 bits per heavy atom. The fourth-order valence-corrected chi connectivity index (χ4v) is 3.47. The molecule has 0 spiro atoms. The van der Waals surface area contributed by atoms with Crippen LogP contribution in [0.1, 0.15) is 37.9 Å². The van der Waals surface area contributed by atoms with Crippen molar-refractivity contribution in [1.29, 1.82) is 0 Å². The van der Waals surface area contributed by atoms with Crippen molar-refractivity contribution in [3.8, 4) is 0 Å².